The van der Waals surface area contributed by atoms with Crippen LogP contribution in [0.1, 0.15) is 10.9 Å². The van der Waals surface area contributed by atoms with Gasteiger partial charge in [-0.25, -0.2) is 0 Å². The molecule has 0 bridgehead atoms. The first-order valence-corrected chi connectivity index (χ1v) is 10.6. The number of amides is 1. The van der Waals surface area contributed by atoms with Gasteiger partial charge < -0.3 is 4.74 Å². The van der Waals surface area contributed by atoms with Crippen LogP contribution in [0.15, 0.2) is 77.3 Å². The smallest absolute Gasteiger partial charge is 0.238 e. The van der Waals surface area contributed by atoms with E-state index in [-0.39, 0.29) is 11.3 Å². The van der Waals surface area contributed by atoms with Gasteiger partial charge in [-0.2, -0.15) is 0 Å². The molecule has 3 nitrogen and oxygen atoms in total. The molecule has 4 rings (SSSR count). The summed E-state index contributed by atoms with van der Waals surface area (Å²) in [5, 5.41) is 0.622. The lowest BCUT2D eigenvalue weighted by Gasteiger charge is -2.25. The summed E-state index contributed by atoms with van der Waals surface area (Å²) >= 11 is 11.1. The third-order valence-electron chi connectivity index (χ3n) is 4.20. The maximum atomic E-state index is 12.5. The van der Waals surface area contributed by atoms with Crippen molar-refractivity contribution in [2.75, 3.05) is 10.7 Å². The number of carbonyl (C=O) groups is 1. The molecule has 136 valence electrons. The van der Waals surface area contributed by atoms with E-state index in [1.165, 1.54) is 0 Å². The Labute approximate surface area is 175 Å². The van der Waals surface area contributed by atoms with Gasteiger partial charge in [0, 0.05) is 15.2 Å². The standard InChI is InChI=1S/C21H15BrClNO2S/c22-19-4-2-1-3-18(19)21-24(20(25)13-27-21)15-7-11-17(12-8-15)26-16-9-5-14(23)6-10-16/h1-12,21H,13H2. The van der Waals surface area contributed by atoms with E-state index >= 15 is 0 Å². The predicted octanol–water partition coefficient (Wildman–Crippen LogP) is 6.67. The predicted molar refractivity (Wildman–Crippen MR) is 115 cm³/mol. The average molecular weight is 461 g/mol. The fraction of sp³-hybridized carbons (Fsp3) is 0.0952. The number of nitrogens with zero attached hydrogens (tertiary/aromatic N) is 1. The van der Waals surface area contributed by atoms with Crippen molar-refractivity contribution in [2.45, 2.75) is 5.37 Å². The van der Waals surface area contributed by atoms with Gasteiger partial charge in [0.05, 0.1) is 5.75 Å². The first kappa shape index (κ1) is 18.4. The summed E-state index contributed by atoms with van der Waals surface area (Å²) in [4.78, 5) is 14.4. The first-order valence-electron chi connectivity index (χ1n) is 8.33. The fourth-order valence-corrected chi connectivity index (χ4v) is 4.91. The van der Waals surface area contributed by atoms with E-state index in [4.69, 9.17) is 16.3 Å². The van der Waals surface area contributed by atoms with E-state index in [2.05, 4.69) is 15.9 Å². The number of hydrogen-bond donors (Lipinski definition) is 0. The first-order chi connectivity index (χ1) is 13.1. The Bertz CT molecular complexity index is 963. The minimum absolute atomic E-state index is 0.0453. The quantitative estimate of drug-likeness (QED) is 0.435. The number of carbonyl (C=O) groups excluding carboxylic acids is 1. The number of anilines is 1. The van der Waals surface area contributed by atoms with Crippen LogP contribution in [0.3, 0.4) is 0 Å². The Morgan fingerprint density at radius 3 is 2.26 bits per heavy atom. The van der Waals surface area contributed by atoms with E-state index in [0.29, 0.717) is 22.3 Å². The van der Waals surface area contributed by atoms with Crippen LogP contribution < -0.4 is 9.64 Å². The second-order valence-electron chi connectivity index (χ2n) is 6.00. The van der Waals surface area contributed by atoms with Crippen LogP contribution in [0.4, 0.5) is 5.69 Å². The number of halogens is 2. The summed E-state index contributed by atoms with van der Waals surface area (Å²) in [6.07, 6.45) is 0. The van der Waals surface area contributed by atoms with Crippen molar-refractivity contribution < 1.29 is 9.53 Å². The monoisotopic (exact) mass is 459 g/mol. The third kappa shape index (κ3) is 4.00. The number of benzene rings is 3. The molecule has 3 aromatic carbocycles. The van der Waals surface area contributed by atoms with Crippen LogP contribution in [0, 0.1) is 0 Å². The minimum Gasteiger partial charge on any atom is -0.457 e. The number of thioether (sulfide) groups is 1. The molecule has 1 amide bonds. The Balaban J connectivity index is 1.57. The van der Waals surface area contributed by atoms with E-state index in [0.717, 1.165) is 15.7 Å². The lowest BCUT2D eigenvalue weighted by Crippen LogP contribution is -2.27. The van der Waals surface area contributed by atoms with Gasteiger partial charge in [0.1, 0.15) is 16.9 Å². The van der Waals surface area contributed by atoms with E-state index in [9.17, 15) is 4.79 Å². The zero-order valence-electron chi connectivity index (χ0n) is 14.1. The minimum atomic E-state index is -0.0453. The molecule has 1 aliphatic rings. The Morgan fingerprint density at radius 2 is 1.59 bits per heavy atom. The molecule has 0 spiro atoms. The molecule has 1 fully saturated rings. The molecule has 1 unspecified atom stereocenters. The summed E-state index contributed by atoms with van der Waals surface area (Å²) in [6.45, 7) is 0. The third-order valence-corrected chi connectivity index (χ3v) is 6.37. The van der Waals surface area contributed by atoms with E-state index < -0.39 is 0 Å². The zero-order valence-corrected chi connectivity index (χ0v) is 17.3. The van der Waals surface area contributed by atoms with Gasteiger partial charge in [0.2, 0.25) is 5.91 Å². The van der Waals surface area contributed by atoms with Crippen molar-refractivity contribution in [3.05, 3.63) is 87.9 Å². The molecule has 0 aromatic heterocycles. The molecule has 27 heavy (non-hydrogen) atoms. The molecule has 1 atom stereocenters. The summed E-state index contributed by atoms with van der Waals surface area (Å²) in [6, 6.07) is 22.8. The van der Waals surface area contributed by atoms with Crippen molar-refractivity contribution >= 4 is 50.9 Å². The average Bonchev–Trinajstić information content (AvgIpc) is 3.06. The van der Waals surface area contributed by atoms with Gasteiger partial charge in [-0.1, -0.05) is 45.7 Å². The highest BCUT2D eigenvalue weighted by atomic mass is 79.9. The highest BCUT2D eigenvalue weighted by Crippen LogP contribution is 2.44. The van der Waals surface area contributed by atoms with Crippen molar-refractivity contribution in [3.8, 4) is 11.5 Å². The zero-order chi connectivity index (χ0) is 18.8. The van der Waals surface area contributed by atoms with Crippen LogP contribution in [-0.2, 0) is 4.79 Å². The molecule has 0 N–H and O–H groups in total. The summed E-state index contributed by atoms with van der Waals surface area (Å²) < 4.78 is 6.84. The van der Waals surface area contributed by atoms with Gasteiger partial charge >= 0.3 is 0 Å². The Kier molecular flexibility index (Phi) is 5.43. The van der Waals surface area contributed by atoms with Crippen molar-refractivity contribution in [1.29, 1.82) is 0 Å². The maximum absolute atomic E-state index is 12.5. The van der Waals surface area contributed by atoms with Crippen molar-refractivity contribution in [1.82, 2.24) is 0 Å². The highest BCUT2D eigenvalue weighted by Gasteiger charge is 2.34. The number of rotatable bonds is 4. The molecule has 0 saturated carbocycles. The molecule has 6 heteroatoms. The lowest BCUT2D eigenvalue weighted by atomic mass is 10.2. The molecule has 0 aliphatic carbocycles. The van der Waals surface area contributed by atoms with E-state index in [1.54, 1.807) is 23.9 Å². The molecular weight excluding hydrogens is 446 g/mol. The highest BCUT2D eigenvalue weighted by molar-refractivity contribution is 9.10. The van der Waals surface area contributed by atoms with E-state index in [1.807, 2.05) is 65.6 Å². The number of ether oxygens (including phenoxy) is 1. The largest absolute Gasteiger partial charge is 0.457 e. The second kappa shape index (κ2) is 7.97. The van der Waals surface area contributed by atoms with Crippen molar-refractivity contribution in [2.24, 2.45) is 0 Å². The van der Waals surface area contributed by atoms with Gasteiger partial charge in [0.25, 0.3) is 0 Å². The topological polar surface area (TPSA) is 29.5 Å². The lowest BCUT2D eigenvalue weighted by molar-refractivity contribution is -0.115. The number of hydrogen-bond acceptors (Lipinski definition) is 3. The van der Waals surface area contributed by atoms with Crippen LogP contribution in [0.5, 0.6) is 11.5 Å². The van der Waals surface area contributed by atoms with Crippen LogP contribution in [0.2, 0.25) is 5.02 Å². The Morgan fingerprint density at radius 1 is 0.963 bits per heavy atom. The molecule has 3 aromatic rings. The second-order valence-corrected chi connectivity index (χ2v) is 8.36. The fourth-order valence-electron chi connectivity index (χ4n) is 2.92. The molecule has 0 radical (unpaired) electrons. The van der Waals surface area contributed by atoms with Gasteiger partial charge in [0.15, 0.2) is 0 Å². The summed E-state index contributed by atoms with van der Waals surface area (Å²) in [5.41, 5.74) is 1.95. The van der Waals surface area contributed by atoms with Crippen LogP contribution >= 0.6 is 39.3 Å². The van der Waals surface area contributed by atoms with Crippen LogP contribution in [0.25, 0.3) is 0 Å². The van der Waals surface area contributed by atoms with Crippen LogP contribution in [-0.4, -0.2) is 11.7 Å². The molecular formula is C21H15BrClNO2S. The molecule has 1 heterocycles. The molecule has 1 aliphatic heterocycles. The SMILES string of the molecule is O=C1CSC(c2ccccc2Br)N1c1ccc(Oc2ccc(Cl)cc2)cc1. The van der Waals surface area contributed by atoms with Gasteiger partial charge in [-0.3, -0.25) is 9.69 Å². The summed E-state index contributed by atoms with van der Waals surface area (Å²) in [5.74, 6) is 1.99. The maximum Gasteiger partial charge on any atom is 0.238 e. The Hall–Kier alpha value is -1.95. The normalized spacial score (nSPS) is 16.6. The van der Waals surface area contributed by atoms with Gasteiger partial charge in [-0.05, 0) is 60.2 Å². The van der Waals surface area contributed by atoms with Crippen molar-refractivity contribution in [3.63, 3.8) is 0 Å². The van der Waals surface area contributed by atoms with Gasteiger partial charge in [-0.15, -0.1) is 11.8 Å². The summed E-state index contributed by atoms with van der Waals surface area (Å²) in [7, 11) is 0. The molecule has 1 saturated heterocycles.